The van der Waals surface area contributed by atoms with E-state index in [1.54, 1.807) is 6.08 Å². The lowest BCUT2D eigenvalue weighted by Crippen LogP contribution is -2.57. The number of hydrogen-bond donors (Lipinski definition) is 3. The van der Waals surface area contributed by atoms with Crippen LogP contribution in [0.15, 0.2) is 54.6 Å². The Hall–Kier alpha value is -4.67. The highest BCUT2D eigenvalue weighted by atomic mass is 32.2. The fourth-order valence-corrected chi connectivity index (χ4v) is 9.00. The van der Waals surface area contributed by atoms with Gasteiger partial charge in [0.05, 0.1) is 28.4 Å². The van der Waals surface area contributed by atoms with Crippen molar-refractivity contribution in [1.82, 2.24) is 24.5 Å². The second-order valence-electron chi connectivity index (χ2n) is 15.3. The number of sulfonamides is 1. The van der Waals surface area contributed by atoms with E-state index in [1.807, 2.05) is 48.8 Å². The number of alkyl halides is 3. The fourth-order valence-electron chi connectivity index (χ4n) is 7.64. The van der Waals surface area contributed by atoms with Crippen molar-refractivity contribution in [1.29, 1.82) is 0 Å². The minimum absolute atomic E-state index is 0.0393. The fraction of sp³-hybridized carbons (Fsp3) is 0.526. The van der Waals surface area contributed by atoms with Gasteiger partial charge in [-0.2, -0.15) is 18.2 Å². The summed E-state index contributed by atoms with van der Waals surface area (Å²) in [4.78, 5) is 48.6. The number of anilines is 1. The summed E-state index contributed by atoms with van der Waals surface area (Å²) in [7, 11) is -3.95. The Labute approximate surface area is 316 Å². The monoisotopic (exact) mass is 788 g/mol. The topological polar surface area (TPSA) is 152 Å². The van der Waals surface area contributed by atoms with Crippen LogP contribution in [-0.4, -0.2) is 76.1 Å². The third-order valence-electron chi connectivity index (χ3n) is 10.8. The molecular formula is C38H44F4N6O6S. The average molecular weight is 789 g/mol. The molecule has 0 radical (unpaired) electrons. The van der Waals surface area contributed by atoms with Gasteiger partial charge in [0, 0.05) is 24.1 Å². The third-order valence-corrected chi connectivity index (χ3v) is 12.6. The van der Waals surface area contributed by atoms with Crippen LogP contribution in [0.3, 0.4) is 0 Å². The maximum Gasteiger partial charge on any atom is 0.416 e. The van der Waals surface area contributed by atoms with Gasteiger partial charge in [0.15, 0.2) is 0 Å². The van der Waals surface area contributed by atoms with Gasteiger partial charge in [-0.25, -0.2) is 12.8 Å². The van der Waals surface area contributed by atoms with Gasteiger partial charge in [-0.05, 0) is 82.7 Å². The summed E-state index contributed by atoms with van der Waals surface area (Å²) in [5, 5.41) is 4.96. The quantitative estimate of drug-likeness (QED) is 0.197. The zero-order valence-corrected chi connectivity index (χ0v) is 31.3. The van der Waals surface area contributed by atoms with Gasteiger partial charge in [0.2, 0.25) is 21.8 Å². The number of ether oxygens (including phenoxy) is 1. The van der Waals surface area contributed by atoms with E-state index in [-0.39, 0.29) is 43.5 Å². The zero-order chi connectivity index (χ0) is 39.3. The SMILES string of the molecule is CC(C)n1c(O[C@@H]2C[C@H]3C(=O)N[C@]4(C(=O)NS(=O)(=O)C5CC5)C[C@H]4/C=C\CCCCC[C@H](Nc4cc(F)cc(C(F)(F)F)c4)C(=O)N3C2)nc2ccccc21. The van der Waals surface area contributed by atoms with E-state index in [0.29, 0.717) is 50.1 Å². The van der Waals surface area contributed by atoms with Crippen molar-refractivity contribution in [3.8, 4) is 6.01 Å². The molecule has 1 saturated heterocycles. The Kier molecular flexibility index (Phi) is 10.4. The van der Waals surface area contributed by atoms with Crippen molar-refractivity contribution >= 4 is 44.5 Å². The van der Waals surface area contributed by atoms with E-state index < -0.39 is 80.2 Å². The molecule has 296 valence electrons. The van der Waals surface area contributed by atoms with Crippen molar-refractivity contribution in [3.05, 3.63) is 66.0 Å². The van der Waals surface area contributed by atoms with Crippen LogP contribution in [0.2, 0.25) is 0 Å². The molecule has 12 nitrogen and oxygen atoms in total. The predicted octanol–water partition coefficient (Wildman–Crippen LogP) is 5.61. The predicted molar refractivity (Wildman–Crippen MR) is 195 cm³/mol. The van der Waals surface area contributed by atoms with Crippen molar-refractivity contribution in [3.63, 3.8) is 0 Å². The first kappa shape index (κ1) is 38.6. The first-order chi connectivity index (χ1) is 26.1. The average Bonchev–Trinajstić information content (AvgIpc) is 4.01. The van der Waals surface area contributed by atoms with Crippen molar-refractivity contribution in [2.24, 2.45) is 5.92 Å². The van der Waals surface area contributed by atoms with E-state index >= 15 is 0 Å². The van der Waals surface area contributed by atoms with E-state index in [1.165, 1.54) is 4.90 Å². The van der Waals surface area contributed by atoms with Crippen LogP contribution >= 0.6 is 0 Å². The Bertz CT molecular complexity index is 2120. The van der Waals surface area contributed by atoms with Gasteiger partial charge in [-0.3, -0.25) is 23.7 Å². The van der Waals surface area contributed by atoms with Crippen LogP contribution < -0.4 is 20.1 Å². The molecule has 1 aromatic heterocycles. The second-order valence-corrected chi connectivity index (χ2v) is 17.2. The van der Waals surface area contributed by atoms with Gasteiger partial charge < -0.3 is 20.3 Å². The van der Waals surface area contributed by atoms with E-state index in [0.717, 1.165) is 17.6 Å². The number of carbonyl (C=O) groups excluding carboxylic acids is 3. The van der Waals surface area contributed by atoms with Gasteiger partial charge >= 0.3 is 6.18 Å². The van der Waals surface area contributed by atoms with Gasteiger partial charge in [0.25, 0.3) is 11.9 Å². The summed E-state index contributed by atoms with van der Waals surface area (Å²) in [6, 6.07) is 7.22. The van der Waals surface area contributed by atoms with Crippen LogP contribution in [0.4, 0.5) is 23.2 Å². The molecule has 2 aliphatic carbocycles. The number of benzene rings is 2. The molecule has 2 aromatic carbocycles. The summed E-state index contributed by atoms with van der Waals surface area (Å²) < 4.78 is 91.6. The molecule has 4 aliphatic rings. The second kappa shape index (κ2) is 14.8. The maximum atomic E-state index is 14.6. The Morgan fingerprint density at radius 1 is 1.07 bits per heavy atom. The van der Waals surface area contributed by atoms with E-state index in [9.17, 15) is 40.4 Å². The van der Waals surface area contributed by atoms with Gasteiger partial charge in [-0.1, -0.05) is 37.1 Å². The minimum Gasteiger partial charge on any atom is -0.459 e. The third kappa shape index (κ3) is 8.17. The standard InChI is InChI=1S/C38H44F4N6O6S/c1-22(2)48-31-13-9-8-11-29(31)44-36(48)54-27-19-32-33(49)45-37(35(51)46-55(52,53)28-14-15-28)20-23(37)10-6-4-3-5-7-12-30(34(50)47(32)21-27)43-26-17-24(38(40,41)42)16-25(39)18-26/h6,8-11,13,16-18,22-23,27-28,30,32,43H,3-5,7,12,14-15,19-21H2,1-2H3,(H,45,49)(H,46,51)/b10-6-/t23-,27-,30+,32+,37-/m1/s1. The number of carbonyl (C=O) groups is 3. The number of aromatic nitrogens is 2. The Morgan fingerprint density at radius 3 is 2.56 bits per heavy atom. The summed E-state index contributed by atoms with van der Waals surface area (Å²) in [5.74, 6) is -3.83. The number of para-hydroxylation sites is 2. The first-order valence-corrected chi connectivity index (χ1v) is 20.2. The first-order valence-electron chi connectivity index (χ1n) is 18.7. The normalized spacial score (nSPS) is 27.1. The summed E-state index contributed by atoms with van der Waals surface area (Å²) >= 11 is 0. The lowest BCUT2D eigenvalue weighted by molar-refractivity contribution is -0.140. The lowest BCUT2D eigenvalue weighted by atomic mass is 10.0. The number of halogens is 4. The molecule has 3 aromatic rings. The van der Waals surface area contributed by atoms with Gasteiger partial charge in [0.1, 0.15) is 29.5 Å². The number of allylic oxidation sites excluding steroid dienone is 1. The van der Waals surface area contributed by atoms with Gasteiger partial charge in [-0.15, -0.1) is 0 Å². The van der Waals surface area contributed by atoms with Crippen LogP contribution in [-0.2, 0) is 30.6 Å². The summed E-state index contributed by atoms with van der Waals surface area (Å²) in [6.07, 6.45) is 1.58. The molecule has 7 rings (SSSR count). The van der Waals surface area contributed by atoms with Crippen LogP contribution in [0.1, 0.15) is 83.2 Å². The molecule has 0 bridgehead atoms. The molecule has 5 atom stereocenters. The molecule has 3 amide bonds. The molecule has 3 fully saturated rings. The Morgan fingerprint density at radius 2 is 1.84 bits per heavy atom. The molecule has 2 saturated carbocycles. The van der Waals surface area contributed by atoms with E-state index in [2.05, 4.69) is 20.3 Å². The highest BCUT2D eigenvalue weighted by molar-refractivity contribution is 7.91. The number of imidazole rings is 1. The smallest absolute Gasteiger partial charge is 0.416 e. The number of nitrogens with one attached hydrogen (secondary N) is 3. The number of rotatable bonds is 8. The summed E-state index contributed by atoms with van der Waals surface area (Å²) in [5.41, 5.74) is -1.57. The molecule has 17 heteroatoms. The number of amides is 3. The highest BCUT2D eigenvalue weighted by Gasteiger charge is 2.62. The van der Waals surface area contributed by atoms with E-state index in [4.69, 9.17) is 4.74 Å². The molecule has 3 heterocycles. The molecule has 0 unspecified atom stereocenters. The zero-order valence-electron chi connectivity index (χ0n) is 30.4. The number of nitrogens with zero attached hydrogens (tertiary/aromatic N) is 3. The lowest BCUT2D eigenvalue weighted by Gasteiger charge is -2.30. The highest BCUT2D eigenvalue weighted by Crippen LogP contribution is 2.46. The van der Waals surface area contributed by atoms with Crippen molar-refractivity contribution in [2.45, 2.75) is 113 Å². The molecule has 0 spiro atoms. The van der Waals surface area contributed by atoms with Crippen LogP contribution in [0.25, 0.3) is 11.0 Å². The molecule has 3 N–H and O–H groups in total. The Balaban J connectivity index is 1.22. The maximum absolute atomic E-state index is 14.6. The minimum atomic E-state index is -4.84. The van der Waals surface area contributed by atoms with Crippen LogP contribution in [0.5, 0.6) is 6.01 Å². The molecular weight excluding hydrogens is 745 g/mol. The number of hydrogen-bond acceptors (Lipinski definition) is 8. The molecule has 55 heavy (non-hydrogen) atoms. The van der Waals surface area contributed by atoms with Crippen molar-refractivity contribution < 1.29 is 45.1 Å². The van der Waals surface area contributed by atoms with Crippen LogP contribution in [0, 0.1) is 11.7 Å². The summed E-state index contributed by atoms with van der Waals surface area (Å²) in [6.45, 7) is 3.79. The number of fused-ring (bicyclic) bond motifs is 3. The van der Waals surface area contributed by atoms with Crippen molar-refractivity contribution in [2.75, 3.05) is 11.9 Å². The largest absolute Gasteiger partial charge is 0.459 e. The molecule has 2 aliphatic heterocycles.